The van der Waals surface area contributed by atoms with Crippen LogP contribution in [0.15, 0.2) is 22.7 Å². The molecule has 2 aliphatic rings. The van der Waals surface area contributed by atoms with Crippen LogP contribution in [0.4, 0.5) is 4.39 Å². The molecule has 0 spiro atoms. The van der Waals surface area contributed by atoms with Gasteiger partial charge in [-0.05, 0) is 31.0 Å². The van der Waals surface area contributed by atoms with Crippen molar-refractivity contribution in [3.8, 4) is 0 Å². The highest BCUT2D eigenvalue weighted by Gasteiger charge is 2.40. The van der Waals surface area contributed by atoms with Gasteiger partial charge in [-0.25, -0.2) is 4.39 Å². The first kappa shape index (κ1) is 18.3. The van der Waals surface area contributed by atoms with Crippen LogP contribution >= 0.6 is 15.9 Å². The number of benzene rings is 1. The molecule has 1 aliphatic carbocycles. The highest BCUT2D eigenvalue weighted by atomic mass is 79.9. The predicted molar refractivity (Wildman–Crippen MR) is 93.4 cm³/mol. The molecule has 1 saturated heterocycles. The molecule has 6 nitrogen and oxygen atoms in total. The molecule has 1 aromatic carbocycles. The summed E-state index contributed by atoms with van der Waals surface area (Å²) in [6.45, 7) is -0.246. The average molecular weight is 413 g/mol. The lowest BCUT2D eigenvalue weighted by Crippen LogP contribution is -2.42. The zero-order chi connectivity index (χ0) is 17.8. The summed E-state index contributed by atoms with van der Waals surface area (Å²) < 4.78 is 25.7. The van der Waals surface area contributed by atoms with Gasteiger partial charge in [0.1, 0.15) is 5.82 Å². The van der Waals surface area contributed by atoms with E-state index in [2.05, 4.69) is 26.6 Å². The van der Waals surface area contributed by atoms with Gasteiger partial charge in [-0.3, -0.25) is 9.59 Å². The van der Waals surface area contributed by atoms with Crippen molar-refractivity contribution in [2.24, 2.45) is 0 Å². The number of halogens is 2. The summed E-state index contributed by atoms with van der Waals surface area (Å²) in [6.07, 6.45) is 4.73. The molecule has 1 saturated carbocycles. The van der Waals surface area contributed by atoms with Crippen LogP contribution in [-0.4, -0.2) is 44.1 Å². The molecule has 134 valence electrons. The van der Waals surface area contributed by atoms with Gasteiger partial charge in [0.2, 0.25) is 5.91 Å². The molecular weight excluding hydrogens is 394 g/mol. The fraction of sp³-hybridized carbons (Fsp3) is 0.500. The van der Waals surface area contributed by atoms with Crippen molar-refractivity contribution in [3.05, 3.63) is 34.1 Å². The Bertz CT molecular complexity index is 649. The molecule has 2 N–H and O–H groups in total. The molecule has 2 atom stereocenters. The van der Waals surface area contributed by atoms with E-state index in [1.807, 2.05) is 0 Å². The van der Waals surface area contributed by atoms with Gasteiger partial charge in [-0.15, -0.1) is 0 Å². The van der Waals surface area contributed by atoms with Crippen molar-refractivity contribution < 1.29 is 23.3 Å². The monoisotopic (exact) mass is 412 g/mol. The van der Waals surface area contributed by atoms with Crippen molar-refractivity contribution in [2.75, 3.05) is 13.0 Å². The lowest BCUT2D eigenvalue weighted by molar-refractivity contribution is -0.119. The summed E-state index contributed by atoms with van der Waals surface area (Å²) in [7, 11) is -0.449. The summed E-state index contributed by atoms with van der Waals surface area (Å²) >= 11 is 3.18. The van der Waals surface area contributed by atoms with Crippen LogP contribution in [0.2, 0.25) is 0 Å². The molecule has 0 aromatic heterocycles. The second-order valence-electron chi connectivity index (χ2n) is 6.17. The van der Waals surface area contributed by atoms with Crippen LogP contribution in [0.3, 0.4) is 0 Å². The predicted octanol–water partition coefficient (Wildman–Crippen LogP) is 1.82. The Morgan fingerprint density at radius 2 is 1.88 bits per heavy atom. The van der Waals surface area contributed by atoms with Crippen LogP contribution in [0, 0.1) is 5.82 Å². The molecule has 0 bridgehead atoms. The van der Waals surface area contributed by atoms with Crippen LogP contribution in [0.25, 0.3) is 0 Å². The number of amides is 2. The van der Waals surface area contributed by atoms with Gasteiger partial charge in [0.05, 0.1) is 30.8 Å². The van der Waals surface area contributed by atoms with Crippen molar-refractivity contribution in [3.63, 3.8) is 0 Å². The smallest absolute Gasteiger partial charge is 0.405 e. The zero-order valence-corrected chi connectivity index (χ0v) is 15.2. The van der Waals surface area contributed by atoms with Crippen molar-refractivity contribution in [1.29, 1.82) is 0 Å². The van der Waals surface area contributed by atoms with Gasteiger partial charge in [0.15, 0.2) is 0 Å². The Balaban J connectivity index is 1.41. The van der Waals surface area contributed by atoms with Crippen LogP contribution in [0.1, 0.15) is 36.0 Å². The van der Waals surface area contributed by atoms with Crippen LogP contribution in [0.5, 0.6) is 0 Å². The largest absolute Gasteiger partial charge is 0.478 e. The van der Waals surface area contributed by atoms with Gasteiger partial charge >= 0.3 is 7.12 Å². The second-order valence-corrected chi connectivity index (χ2v) is 7.09. The summed E-state index contributed by atoms with van der Waals surface area (Å²) in [5, 5.41) is 5.06. The van der Waals surface area contributed by atoms with Gasteiger partial charge < -0.3 is 19.9 Å². The van der Waals surface area contributed by atoms with E-state index < -0.39 is 18.8 Å². The van der Waals surface area contributed by atoms with E-state index >= 15 is 0 Å². The minimum absolute atomic E-state index is 0.117. The van der Waals surface area contributed by atoms with E-state index in [0.29, 0.717) is 4.47 Å². The Labute approximate surface area is 154 Å². The number of fused-ring (bicyclic) bond motifs is 1. The van der Waals surface area contributed by atoms with E-state index in [1.165, 1.54) is 18.2 Å². The minimum Gasteiger partial charge on any atom is -0.405 e. The van der Waals surface area contributed by atoms with Gasteiger partial charge in [-0.2, -0.15) is 0 Å². The van der Waals surface area contributed by atoms with E-state index in [-0.39, 0.29) is 36.7 Å². The molecule has 2 fully saturated rings. The molecule has 1 aliphatic heterocycles. The molecule has 0 radical (unpaired) electrons. The Morgan fingerprint density at radius 3 is 2.56 bits per heavy atom. The first-order chi connectivity index (χ1) is 12.0. The highest BCUT2D eigenvalue weighted by Crippen LogP contribution is 2.29. The Kier molecular flexibility index (Phi) is 6.08. The molecule has 9 heteroatoms. The van der Waals surface area contributed by atoms with Crippen molar-refractivity contribution in [1.82, 2.24) is 10.6 Å². The van der Waals surface area contributed by atoms with Gasteiger partial charge in [0, 0.05) is 4.47 Å². The molecule has 1 aromatic rings. The van der Waals surface area contributed by atoms with Crippen LogP contribution < -0.4 is 10.6 Å². The standard InChI is InChI=1S/C16H19BBrFN2O4/c18-10-5-6-12(19)11(7-10)16(23)20-8-15(22)21-9-17-24-13-3-1-2-4-14(13)25-17/h5-7,13-14H,1-4,8-9H2,(H,20,23)(H,21,22). The number of hydrogen-bond acceptors (Lipinski definition) is 4. The van der Waals surface area contributed by atoms with E-state index in [0.717, 1.165) is 25.7 Å². The maximum absolute atomic E-state index is 13.6. The number of hydrogen-bond donors (Lipinski definition) is 2. The number of nitrogens with one attached hydrogen (secondary N) is 2. The fourth-order valence-corrected chi connectivity index (χ4v) is 3.44. The maximum atomic E-state index is 13.6. The van der Waals surface area contributed by atoms with Crippen molar-refractivity contribution >= 4 is 34.9 Å². The third-order valence-corrected chi connectivity index (χ3v) is 4.84. The number of carbonyl (C=O) groups excluding carboxylic acids is 2. The SMILES string of the molecule is O=C(CNC(=O)c1cc(Br)ccc1F)NCB1OC2CCCCC2O1. The lowest BCUT2D eigenvalue weighted by Gasteiger charge is -2.22. The maximum Gasteiger partial charge on any atom is 0.478 e. The van der Waals surface area contributed by atoms with Crippen molar-refractivity contribution in [2.45, 2.75) is 37.9 Å². The molecule has 1 heterocycles. The first-order valence-corrected chi connectivity index (χ1v) is 9.13. The first-order valence-electron chi connectivity index (χ1n) is 8.34. The number of carbonyl (C=O) groups is 2. The third-order valence-electron chi connectivity index (χ3n) is 4.34. The van der Waals surface area contributed by atoms with Gasteiger partial charge in [0.25, 0.3) is 5.91 Å². The van der Waals surface area contributed by atoms with Crippen LogP contribution in [-0.2, 0) is 14.1 Å². The average Bonchev–Trinajstić information content (AvgIpc) is 3.03. The normalized spacial score (nSPS) is 22.4. The fourth-order valence-electron chi connectivity index (χ4n) is 3.08. The van der Waals surface area contributed by atoms with E-state index in [9.17, 15) is 14.0 Å². The molecule has 2 unspecified atom stereocenters. The number of rotatable bonds is 5. The second kappa shape index (κ2) is 8.29. The Morgan fingerprint density at radius 1 is 1.20 bits per heavy atom. The lowest BCUT2D eigenvalue weighted by atomic mass is 9.91. The topological polar surface area (TPSA) is 76.7 Å². The van der Waals surface area contributed by atoms with Gasteiger partial charge in [-0.1, -0.05) is 28.8 Å². The summed E-state index contributed by atoms with van der Waals surface area (Å²) in [6, 6.07) is 4.05. The summed E-state index contributed by atoms with van der Waals surface area (Å²) in [5.41, 5.74) is -0.117. The molecular formula is C16H19BBrFN2O4. The molecule has 25 heavy (non-hydrogen) atoms. The Hall–Kier alpha value is -1.45. The molecule has 2 amide bonds. The summed E-state index contributed by atoms with van der Waals surface area (Å²) in [5.74, 6) is -1.67. The highest BCUT2D eigenvalue weighted by molar-refractivity contribution is 9.10. The third kappa shape index (κ3) is 4.80. The zero-order valence-electron chi connectivity index (χ0n) is 13.6. The summed E-state index contributed by atoms with van der Waals surface area (Å²) in [4.78, 5) is 23.8. The van der Waals surface area contributed by atoms with E-state index in [4.69, 9.17) is 9.31 Å². The molecule has 3 rings (SSSR count). The quantitative estimate of drug-likeness (QED) is 0.723. The minimum atomic E-state index is -0.645. The van der Waals surface area contributed by atoms with E-state index in [1.54, 1.807) is 0 Å².